The first kappa shape index (κ1) is 18.9. The van der Waals surface area contributed by atoms with Crippen LogP contribution in [0.2, 0.25) is 0 Å². The molecule has 4 aromatic rings. The molecule has 0 spiro atoms. The van der Waals surface area contributed by atoms with E-state index in [9.17, 15) is 14.0 Å². The molecule has 1 aliphatic heterocycles. The minimum Gasteiger partial charge on any atom is -0.326 e. The second kappa shape index (κ2) is 7.64. The first-order chi connectivity index (χ1) is 15.1. The predicted molar refractivity (Wildman–Crippen MR) is 114 cm³/mol. The van der Waals surface area contributed by atoms with Gasteiger partial charge in [-0.25, -0.2) is 9.37 Å². The number of benzene rings is 2. The van der Waals surface area contributed by atoms with Crippen molar-refractivity contribution in [3.8, 4) is 0 Å². The van der Waals surface area contributed by atoms with E-state index in [-0.39, 0.29) is 24.1 Å². The van der Waals surface area contributed by atoms with E-state index in [4.69, 9.17) is 0 Å². The van der Waals surface area contributed by atoms with Crippen molar-refractivity contribution in [3.63, 3.8) is 0 Å². The SMILES string of the molecule is O=C(CC1C(=O)N(Cc2cccnc2)c2nc3ccccc3n21)Nc1ccc(F)cc1. The number of nitrogens with zero attached hydrogens (tertiary/aromatic N) is 4. The Labute approximate surface area is 177 Å². The average Bonchev–Trinajstić information content (AvgIpc) is 3.27. The number of amides is 2. The fourth-order valence-corrected chi connectivity index (χ4v) is 3.84. The van der Waals surface area contributed by atoms with E-state index < -0.39 is 6.04 Å². The Morgan fingerprint density at radius 1 is 1.06 bits per heavy atom. The molecule has 0 bridgehead atoms. The van der Waals surface area contributed by atoms with Crippen molar-refractivity contribution in [1.82, 2.24) is 14.5 Å². The Morgan fingerprint density at radius 2 is 1.87 bits per heavy atom. The molecule has 1 N–H and O–H groups in total. The summed E-state index contributed by atoms with van der Waals surface area (Å²) in [6, 6.07) is 16.0. The minimum absolute atomic E-state index is 0.0624. The van der Waals surface area contributed by atoms with Gasteiger partial charge in [0.15, 0.2) is 0 Å². The number of anilines is 2. The van der Waals surface area contributed by atoms with Crippen LogP contribution in [0.3, 0.4) is 0 Å². The van der Waals surface area contributed by atoms with Crippen LogP contribution in [0.25, 0.3) is 11.0 Å². The van der Waals surface area contributed by atoms with Gasteiger partial charge in [-0.05, 0) is 48.0 Å². The lowest BCUT2D eigenvalue weighted by Crippen LogP contribution is -2.31. The van der Waals surface area contributed by atoms with E-state index in [1.807, 2.05) is 41.0 Å². The molecular formula is C23H18FN5O2. The zero-order chi connectivity index (χ0) is 21.4. The summed E-state index contributed by atoms with van der Waals surface area (Å²) in [5, 5.41) is 2.73. The van der Waals surface area contributed by atoms with Crippen molar-refractivity contribution >= 4 is 34.5 Å². The van der Waals surface area contributed by atoms with Gasteiger partial charge in [0.25, 0.3) is 5.91 Å². The van der Waals surface area contributed by atoms with Gasteiger partial charge in [-0.3, -0.25) is 24.0 Å². The number of para-hydroxylation sites is 2. The van der Waals surface area contributed by atoms with Gasteiger partial charge < -0.3 is 5.32 Å². The van der Waals surface area contributed by atoms with Crippen molar-refractivity contribution in [2.24, 2.45) is 0 Å². The Balaban J connectivity index is 1.46. The zero-order valence-corrected chi connectivity index (χ0v) is 16.4. The van der Waals surface area contributed by atoms with Gasteiger partial charge in [-0.15, -0.1) is 0 Å². The summed E-state index contributed by atoms with van der Waals surface area (Å²) >= 11 is 0. The molecule has 2 aromatic carbocycles. The number of fused-ring (bicyclic) bond motifs is 3. The molecule has 0 radical (unpaired) electrons. The van der Waals surface area contributed by atoms with Gasteiger partial charge in [0.2, 0.25) is 11.9 Å². The number of imidazole rings is 1. The van der Waals surface area contributed by atoms with Crippen LogP contribution in [-0.4, -0.2) is 26.3 Å². The molecule has 2 aromatic heterocycles. The number of halogens is 1. The molecule has 7 nitrogen and oxygen atoms in total. The van der Waals surface area contributed by atoms with Crippen LogP contribution in [-0.2, 0) is 16.1 Å². The number of aromatic nitrogens is 3. The molecule has 5 rings (SSSR count). The third-order valence-electron chi connectivity index (χ3n) is 5.25. The van der Waals surface area contributed by atoms with Crippen molar-refractivity contribution in [1.29, 1.82) is 0 Å². The molecule has 2 amide bonds. The van der Waals surface area contributed by atoms with E-state index >= 15 is 0 Å². The Bertz CT molecular complexity index is 1270. The molecule has 1 unspecified atom stereocenters. The summed E-state index contributed by atoms with van der Waals surface area (Å²) in [5.74, 6) is -0.414. The Kier molecular flexibility index (Phi) is 4.66. The first-order valence-corrected chi connectivity index (χ1v) is 9.83. The molecule has 0 saturated heterocycles. The third-order valence-corrected chi connectivity index (χ3v) is 5.25. The Morgan fingerprint density at radius 3 is 2.65 bits per heavy atom. The maximum Gasteiger partial charge on any atom is 0.253 e. The van der Waals surface area contributed by atoms with Crippen molar-refractivity contribution in [2.75, 3.05) is 10.2 Å². The van der Waals surface area contributed by atoms with Crippen LogP contribution < -0.4 is 10.2 Å². The first-order valence-electron chi connectivity index (χ1n) is 9.83. The molecule has 1 aliphatic rings. The standard InChI is InChI=1S/C23H18FN5O2/c24-16-7-9-17(10-8-16)26-21(30)12-20-22(31)28(14-15-4-3-11-25-13-15)23-27-18-5-1-2-6-19(18)29(20)23/h1-11,13,20H,12,14H2,(H,26,30). The highest BCUT2D eigenvalue weighted by atomic mass is 19.1. The molecule has 1 atom stereocenters. The number of carbonyl (C=O) groups excluding carboxylic acids is 2. The van der Waals surface area contributed by atoms with Gasteiger partial charge in [0, 0.05) is 18.1 Å². The largest absolute Gasteiger partial charge is 0.326 e. The number of nitrogens with one attached hydrogen (secondary N) is 1. The van der Waals surface area contributed by atoms with E-state index in [1.165, 1.54) is 24.3 Å². The topological polar surface area (TPSA) is 80.1 Å². The van der Waals surface area contributed by atoms with E-state index in [0.29, 0.717) is 18.2 Å². The summed E-state index contributed by atoms with van der Waals surface area (Å²) in [6.45, 7) is 0.312. The number of carbonyl (C=O) groups is 2. The van der Waals surface area contributed by atoms with E-state index in [2.05, 4.69) is 15.3 Å². The number of hydrogen-bond acceptors (Lipinski definition) is 4. The maximum atomic E-state index is 13.3. The molecule has 0 saturated carbocycles. The normalized spacial score (nSPS) is 15.3. The number of hydrogen-bond donors (Lipinski definition) is 1. The van der Waals surface area contributed by atoms with Crippen molar-refractivity contribution < 1.29 is 14.0 Å². The Hall–Kier alpha value is -4.07. The molecule has 8 heteroatoms. The highest BCUT2D eigenvalue weighted by Gasteiger charge is 2.40. The lowest BCUT2D eigenvalue weighted by Gasteiger charge is -2.16. The van der Waals surface area contributed by atoms with Crippen LogP contribution in [0.5, 0.6) is 0 Å². The lowest BCUT2D eigenvalue weighted by molar-refractivity contribution is -0.124. The van der Waals surface area contributed by atoms with Crippen LogP contribution in [0.4, 0.5) is 16.0 Å². The highest BCUT2D eigenvalue weighted by Crippen LogP contribution is 2.37. The number of pyridine rings is 1. The van der Waals surface area contributed by atoms with Crippen LogP contribution in [0, 0.1) is 5.82 Å². The summed E-state index contributed by atoms with van der Waals surface area (Å²) in [6.07, 6.45) is 3.31. The summed E-state index contributed by atoms with van der Waals surface area (Å²) in [7, 11) is 0. The zero-order valence-electron chi connectivity index (χ0n) is 16.4. The molecule has 0 aliphatic carbocycles. The highest BCUT2D eigenvalue weighted by molar-refractivity contribution is 6.05. The third kappa shape index (κ3) is 3.52. The van der Waals surface area contributed by atoms with Gasteiger partial charge in [0.05, 0.1) is 24.0 Å². The summed E-state index contributed by atoms with van der Waals surface area (Å²) < 4.78 is 14.9. The van der Waals surface area contributed by atoms with E-state index in [1.54, 1.807) is 17.3 Å². The fraction of sp³-hybridized carbons (Fsp3) is 0.130. The van der Waals surface area contributed by atoms with Crippen molar-refractivity contribution in [3.05, 3.63) is 84.4 Å². The fourth-order valence-electron chi connectivity index (χ4n) is 3.84. The summed E-state index contributed by atoms with van der Waals surface area (Å²) in [4.78, 5) is 36.4. The van der Waals surface area contributed by atoms with Gasteiger partial charge in [-0.1, -0.05) is 18.2 Å². The van der Waals surface area contributed by atoms with Crippen molar-refractivity contribution in [2.45, 2.75) is 19.0 Å². The van der Waals surface area contributed by atoms with Gasteiger partial charge in [0.1, 0.15) is 11.9 Å². The number of rotatable bonds is 5. The van der Waals surface area contributed by atoms with Crippen LogP contribution in [0.1, 0.15) is 18.0 Å². The summed E-state index contributed by atoms with van der Waals surface area (Å²) in [5.41, 5.74) is 2.88. The maximum absolute atomic E-state index is 13.3. The lowest BCUT2D eigenvalue weighted by atomic mass is 10.1. The molecular weight excluding hydrogens is 397 g/mol. The minimum atomic E-state index is -0.723. The molecule has 31 heavy (non-hydrogen) atoms. The second-order valence-electron chi connectivity index (χ2n) is 7.33. The smallest absolute Gasteiger partial charge is 0.253 e. The predicted octanol–water partition coefficient (Wildman–Crippen LogP) is 3.69. The van der Waals surface area contributed by atoms with Crippen LogP contribution >= 0.6 is 0 Å². The second-order valence-corrected chi connectivity index (χ2v) is 7.33. The van der Waals surface area contributed by atoms with E-state index in [0.717, 1.165) is 16.6 Å². The van der Waals surface area contributed by atoms with Gasteiger partial charge in [-0.2, -0.15) is 0 Å². The molecule has 3 heterocycles. The van der Waals surface area contributed by atoms with Gasteiger partial charge >= 0.3 is 0 Å². The molecule has 154 valence electrons. The monoisotopic (exact) mass is 415 g/mol. The van der Waals surface area contributed by atoms with Crippen LogP contribution in [0.15, 0.2) is 73.1 Å². The quantitative estimate of drug-likeness (QED) is 0.539. The average molecular weight is 415 g/mol. The molecule has 0 fully saturated rings.